The SMILES string of the molecule is CC(C)(C)c1cc2c(-c3ccccc3-c3cccc4ccccc34)cccc2[cH-]1.CC(C)(C)c1cc2c(-c3ccccc3-c3cccc4ccccc34)cccc2[cH-]1.C[Si]C.[Hf]. The summed E-state index contributed by atoms with van der Waals surface area (Å²) in [6.07, 6.45) is 0. The van der Waals surface area contributed by atoms with Crippen LogP contribution in [0.15, 0.2) is 194 Å². The van der Waals surface area contributed by atoms with Gasteiger partial charge in [0.25, 0.3) is 0 Å². The minimum atomic E-state index is 0. The van der Waals surface area contributed by atoms with Gasteiger partial charge in [0.1, 0.15) is 0 Å². The molecule has 0 aliphatic carbocycles. The smallest absolute Gasteiger partial charge is 0.0307 e. The normalized spacial score (nSPS) is 11.5. The van der Waals surface area contributed by atoms with Crippen LogP contribution in [0.1, 0.15) is 52.7 Å². The summed E-state index contributed by atoms with van der Waals surface area (Å²) in [6, 6.07) is 70.9. The molecule has 0 saturated heterocycles. The Kier molecular flexibility index (Phi) is 13.6. The third-order valence-corrected chi connectivity index (χ3v) is 11.8. The first-order valence-electron chi connectivity index (χ1n) is 21.6. The van der Waals surface area contributed by atoms with Crippen molar-refractivity contribution in [1.82, 2.24) is 0 Å². The molecule has 10 aromatic rings. The van der Waals surface area contributed by atoms with E-state index in [1.165, 1.54) is 98.7 Å². The zero-order chi connectivity index (χ0) is 42.7. The molecule has 62 heavy (non-hydrogen) atoms. The largest absolute Gasteiger partial charge is 0.164 e. The number of benzene rings is 8. The van der Waals surface area contributed by atoms with E-state index in [4.69, 9.17) is 0 Å². The minimum absolute atomic E-state index is 0. The van der Waals surface area contributed by atoms with Crippen LogP contribution in [0, 0.1) is 0 Å². The Hall–Kier alpha value is -5.41. The average Bonchev–Trinajstić information content (AvgIpc) is 3.93. The third kappa shape index (κ3) is 9.19. The average molecular weight is 984 g/mol. The van der Waals surface area contributed by atoms with Crippen LogP contribution in [-0.2, 0) is 36.7 Å². The zero-order valence-electron chi connectivity index (χ0n) is 37.5. The summed E-state index contributed by atoms with van der Waals surface area (Å²) < 4.78 is 0. The molecule has 0 amide bonds. The molecule has 0 aliphatic heterocycles. The zero-order valence-corrected chi connectivity index (χ0v) is 42.1. The Morgan fingerprint density at radius 3 is 0.919 bits per heavy atom. The van der Waals surface area contributed by atoms with Crippen molar-refractivity contribution in [2.45, 2.75) is 65.5 Å². The van der Waals surface area contributed by atoms with Gasteiger partial charge in [-0.2, -0.15) is 12.1 Å². The molecule has 10 rings (SSSR count). The summed E-state index contributed by atoms with van der Waals surface area (Å²) >= 11 is 0. The maximum absolute atomic E-state index is 2.38. The standard InChI is InChI=1S/2C29H25.C2H6Si.Hf/c2*1-29(2,3)22-18-21-12-9-17-27(28(21)19-22)26-15-7-6-14-25(26)24-16-8-11-20-10-4-5-13-23(20)24;1-3-2;/h2*4-19H,1-3H3;1-2H3;/q2*-1;;. The Labute approximate surface area is 391 Å². The second-order valence-electron chi connectivity index (χ2n) is 18.2. The maximum atomic E-state index is 2.38. The van der Waals surface area contributed by atoms with Crippen LogP contribution in [0.25, 0.3) is 87.6 Å². The van der Waals surface area contributed by atoms with E-state index in [2.05, 4.69) is 249 Å². The molecule has 0 nitrogen and oxygen atoms in total. The van der Waals surface area contributed by atoms with Crippen molar-refractivity contribution in [3.05, 3.63) is 205 Å². The molecule has 2 heteroatoms. The topological polar surface area (TPSA) is 0 Å². The van der Waals surface area contributed by atoms with Gasteiger partial charge in [-0.15, -0.1) is 69.1 Å². The molecule has 10 aromatic carbocycles. The van der Waals surface area contributed by atoms with Gasteiger partial charge in [-0.1, -0.05) is 211 Å². The summed E-state index contributed by atoms with van der Waals surface area (Å²) in [6.45, 7) is 18.0. The van der Waals surface area contributed by atoms with Gasteiger partial charge in [0.15, 0.2) is 0 Å². The second-order valence-corrected chi connectivity index (χ2v) is 19.2. The van der Waals surface area contributed by atoms with Crippen LogP contribution in [-0.4, -0.2) is 9.52 Å². The molecule has 0 spiro atoms. The van der Waals surface area contributed by atoms with Gasteiger partial charge < -0.3 is 0 Å². The van der Waals surface area contributed by atoms with Crippen molar-refractivity contribution in [2.24, 2.45) is 0 Å². The van der Waals surface area contributed by atoms with E-state index in [0.29, 0.717) is 0 Å². The minimum Gasteiger partial charge on any atom is -0.164 e. The molecule has 0 fully saturated rings. The van der Waals surface area contributed by atoms with Crippen LogP contribution >= 0.6 is 0 Å². The van der Waals surface area contributed by atoms with E-state index in [1.54, 1.807) is 0 Å². The number of fused-ring (bicyclic) bond motifs is 4. The number of hydrogen-bond donors (Lipinski definition) is 0. The molecule has 0 heterocycles. The predicted molar refractivity (Wildman–Crippen MR) is 271 cm³/mol. The van der Waals surface area contributed by atoms with Crippen molar-refractivity contribution in [1.29, 1.82) is 0 Å². The predicted octanol–water partition coefficient (Wildman–Crippen LogP) is 17.5. The fraction of sp³-hybridized carbons (Fsp3) is 0.167. The maximum Gasteiger partial charge on any atom is 0.0307 e. The molecular formula is C60H56HfSi-2. The van der Waals surface area contributed by atoms with Crippen LogP contribution in [0.4, 0.5) is 0 Å². The van der Waals surface area contributed by atoms with Crippen LogP contribution < -0.4 is 0 Å². The molecule has 0 aromatic heterocycles. The fourth-order valence-electron chi connectivity index (χ4n) is 8.63. The van der Waals surface area contributed by atoms with E-state index in [0.717, 1.165) is 9.52 Å². The monoisotopic (exact) mass is 984 g/mol. The molecule has 2 radical (unpaired) electrons. The fourth-order valence-corrected chi connectivity index (χ4v) is 8.63. The van der Waals surface area contributed by atoms with Crippen molar-refractivity contribution in [2.75, 3.05) is 0 Å². The quantitative estimate of drug-likeness (QED) is 0.122. The summed E-state index contributed by atoms with van der Waals surface area (Å²) in [5.74, 6) is 0. The molecular weight excluding hydrogens is 927 g/mol. The van der Waals surface area contributed by atoms with E-state index < -0.39 is 0 Å². The molecule has 0 bridgehead atoms. The molecule has 0 unspecified atom stereocenters. The second kappa shape index (κ2) is 18.9. The third-order valence-electron chi connectivity index (χ3n) is 11.8. The number of hydrogen-bond acceptors (Lipinski definition) is 0. The van der Waals surface area contributed by atoms with Gasteiger partial charge in [-0.25, -0.2) is 0 Å². The van der Waals surface area contributed by atoms with Crippen molar-refractivity contribution >= 4 is 52.6 Å². The van der Waals surface area contributed by atoms with Crippen molar-refractivity contribution in [3.63, 3.8) is 0 Å². The molecule has 0 saturated carbocycles. The summed E-state index contributed by atoms with van der Waals surface area (Å²) in [5, 5.41) is 10.5. The van der Waals surface area contributed by atoms with Gasteiger partial charge in [0, 0.05) is 35.4 Å². The van der Waals surface area contributed by atoms with Crippen LogP contribution in [0.3, 0.4) is 0 Å². The number of rotatable bonds is 4. The molecule has 306 valence electrons. The summed E-state index contributed by atoms with van der Waals surface area (Å²) in [7, 11) is 1.08. The van der Waals surface area contributed by atoms with Crippen LogP contribution in [0.5, 0.6) is 0 Å². The Bertz CT molecular complexity index is 2880. The van der Waals surface area contributed by atoms with Crippen molar-refractivity contribution < 1.29 is 25.8 Å². The van der Waals surface area contributed by atoms with Gasteiger partial charge in [0.05, 0.1) is 0 Å². The first-order chi connectivity index (χ1) is 29.5. The van der Waals surface area contributed by atoms with E-state index >= 15 is 0 Å². The van der Waals surface area contributed by atoms with E-state index in [1.807, 2.05) is 0 Å². The van der Waals surface area contributed by atoms with Gasteiger partial charge in [0.2, 0.25) is 0 Å². The molecule has 0 N–H and O–H groups in total. The summed E-state index contributed by atoms with van der Waals surface area (Å²) in [4.78, 5) is 0. The van der Waals surface area contributed by atoms with Gasteiger partial charge in [-0.05, 0) is 65.8 Å². The van der Waals surface area contributed by atoms with Gasteiger partial charge >= 0.3 is 0 Å². The Morgan fingerprint density at radius 2 is 0.581 bits per heavy atom. The first-order valence-corrected chi connectivity index (χ1v) is 23.6. The Balaban J connectivity index is 0.000000173. The van der Waals surface area contributed by atoms with E-state index in [9.17, 15) is 0 Å². The Morgan fingerprint density at radius 1 is 0.323 bits per heavy atom. The van der Waals surface area contributed by atoms with E-state index in [-0.39, 0.29) is 36.7 Å². The van der Waals surface area contributed by atoms with Gasteiger partial charge in [-0.3, -0.25) is 0 Å². The molecule has 0 atom stereocenters. The van der Waals surface area contributed by atoms with Crippen molar-refractivity contribution in [3.8, 4) is 44.5 Å². The first kappa shape index (κ1) is 44.6. The van der Waals surface area contributed by atoms with Crippen LogP contribution in [0.2, 0.25) is 13.1 Å². The summed E-state index contributed by atoms with van der Waals surface area (Å²) in [5.41, 5.74) is 13.4. The molecule has 0 aliphatic rings.